The summed E-state index contributed by atoms with van der Waals surface area (Å²) in [5.41, 5.74) is 9.68. The van der Waals surface area contributed by atoms with Crippen LogP contribution in [0.3, 0.4) is 0 Å². The third-order valence-corrected chi connectivity index (χ3v) is 7.93. The molecule has 4 N–H and O–H groups in total. The largest absolute Gasteiger partial charge is 0.494 e. The maximum atomic E-state index is 6.25. The Balaban J connectivity index is 1.39. The van der Waals surface area contributed by atoms with Crippen molar-refractivity contribution in [2.75, 3.05) is 17.1 Å². The number of ether oxygens (including phenoxy) is 1. The van der Waals surface area contributed by atoms with E-state index < -0.39 is 0 Å². The first-order valence-electron chi connectivity index (χ1n) is 12.4. The summed E-state index contributed by atoms with van der Waals surface area (Å²) in [5.74, 6) is 1.86. The first-order chi connectivity index (χ1) is 18.0. The van der Waals surface area contributed by atoms with E-state index in [9.17, 15) is 0 Å². The molecule has 0 unspecified atom stereocenters. The van der Waals surface area contributed by atoms with E-state index in [4.69, 9.17) is 27.1 Å². The maximum Gasteiger partial charge on any atom is 0.223 e. The quantitative estimate of drug-likeness (QED) is 0.230. The van der Waals surface area contributed by atoms with Gasteiger partial charge < -0.3 is 20.5 Å². The van der Waals surface area contributed by atoms with Gasteiger partial charge in [-0.15, -0.1) is 10.2 Å². The monoisotopic (exact) mass is 535 g/mol. The van der Waals surface area contributed by atoms with Crippen LogP contribution in [0.15, 0.2) is 53.6 Å². The number of anilines is 2. The molecule has 8 nitrogen and oxygen atoms in total. The average Bonchev–Trinajstić information content (AvgIpc) is 2.93. The second-order valence-corrected chi connectivity index (χ2v) is 10.4. The molecule has 1 aliphatic carbocycles. The van der Waals surface area contributed by atoms with Gasteiger partial charge in [-0.2, -0.15) is 0 Å². The molecule has 0 radical (unpaired) electrons. The van der Waals surface area contributed by atoms with Crippen molar-refractivity contribution in [3.8, 4) is 17.0 Å². The number of benzene rings is 2. The Hall–Kier alpha value is -3.14. The van der Waals surface area contributed by atoms with Gasteiger partial charge in [0.05, 0.1) is 17.6 Å². The van der Waals surface area contributed by atoms with Gasteiger partial charge in [0.1, 0.15) is 5.69 Å². The predicted octanol–water partition coefficient (Wildman–Crippen LogP) is 6.11. The Kier molecular flexibility index (Phi) is 7.93. The van der Waals surface area contributed by atoms with Gasteiger partial charge in [-0.3, -0.25) is 0 Å². The molecule has 37 heavy (non-hydrogen) atoms. The zero-order valence-corrected chi connectivity index (χ0v) is 22.4. The van der Waals surface area contributed by atoms with Crippen LogP contribution in [0.25, 0.3) is 22.2 Å². The molecule has 2 aromatic carbocycles. The molecule has 1 fully saturated rings. The van der Waals surface area contributed by atoms with Crippen LogP contribution in [0.4, 0.5) is 11.8 Å². The summed E-state index contributed by atoms with van der Waals surface area (Å²) < 4.78 is 8.88. The summed E-state index contributed by atoms with van der Waals surface area (Å²) >= 11 is 7.63. The molecule has 2 heterocycles. The molecule has 5 rings (SSSR count). The number of aromatic nitrogens is 4. The molecule has 1 aliphatic rings. The smallest absolute Gasteiger partial charge is 0.223 e. The van der Waals surface area contributed by atoms with Gasteiger partial charge in [0.2, 0.25) is 5.95 Å². The lowest BCUT2D eigenvalue weighted by Crippen LogP contribution is -2.33. The van der Waals surface area contributed by atoms with E-state index in [1.54, 1.807) is 7.11 Å². The molecule has 0 bridgehead atoms. The van der Waals surface area contributed by atoms with Gasteiger partial charge in [0.25, 0.3) is 0 Å². The van der Waals surface area contributed by atoms with Crippen LogP contribution in [-0.4, -0.2) is 39.4 Å². The fourth-order valence-electron chi connectivity index (χ4n) is 4.56. The number of aryl methyl sites for hydroxylation is 1. The molecular formula is C27H30ClN7OS. The van der Waals surface area contributed by atoms with E-state index in [0.29, 0.717) is 40.3 Å². The fraction of sp³-hybridized carbons (Fsp3) is 0.333. The zero-order valence-electron chi connectivity index (χ0n) is 20.9. The Morgan fingerprint density at radius 1 is 1.11 bits per heavy atom. The summed E-state index contributed by atoms with van der Waals surface area (Å²) in [5, 5.41) is 14.0. The SMILES string of the molecule is CCc1cc(-c2nnc(NSc3ccccc3Cl)cc2OC)cc2cnc(NC3CCC(N)CC3)nc12. The van der Waals surface area contributed by atoms with Crippen LogP contribution in [-0.2, 0) is 6.42 Å². The molecule has 0 saturated heterocycles. The molecule has 0 aliphatic heterocycles. The average molecular weight is 536 g/mol. The summed E-state index contributed by atoms with van der Waals surface area (Å²) in [4.78, 5) is 10.4. The highest BCUT2D eigenvalue weighted by molar-refractivity contribution is 8.00. The summed E-state index contributed by atoms with van der Waals surface area (Å²) in [7, 11) is 1.63. The van der Waals surface area contributed by atoms with Crippen LogP contribution in [0.2, 0.25) is 5.02 Å². The van der Waals surface area contributed by atoms with E-state index in [2.05, 4.69) is 38.2 Å². The van der Waals surface area contributed by atoms with E-state index in [1.807, 2.05) is 42.6 Å². The molecule has 1 saturated carbocycles. The van der Waals surface area contributed by atoms with Gasteiger partial charge >= 0.3 is 0 Å². The van der Waals surface area contributed by atoms with Crippen LogP contribution in [0.1, 0.15) is 38.2 Å². The minimum absolute atomic E-state index is 0.312. The molecule has 192 valence electrons. The minimum Gasteiger partial charge on any atom is -0.494 e. The number of halogens is 1. The standard InChI is InChI=1S/C27H30ClN7OS/c1-3-16-12-17(13-18-15-30-27(32-25(16)18)31-20-10-8-19(29)9-11-20)26-22(36-2)14-24(33-34-26)35-37-23-7-5-4-6-21(23)28/h4-7,12-15,19-20H,3,8-11,29H2,1-2H3,(H,33,35)(H,30,31,32). The van der Waals surface area contributed by atoms with Crippen molar-refractivity contribution < 1.29 is 4.74 Å². The van der Waals surface area contributed by atoms with Gasteiger partial charge in [-0.1, -0.05) is 30.7 Å². The first-order valence-corrected chi connectivity index (χ1v) is 13.6. The lowest BCUT2D eigenvalue weighted by molar-refractivity contribution is 0.410. The number of nitrogens with zero attached hydrogens (tertiary/aromatic N) is 4. The van der Waals surface area contributed by atoms with Crippen molar-refractivity contribution in [3.63, 3.8) is 0 Å². The van der Waals surface area contributed by atoms with Crippen molar-refractivity contribution in [1.82, 2.24) is 20.2 Å². The third-order valence-electron chi connectivity index (χ3n) is 6.60. The molecule has 4 aromatic rings. The van der Waals surface area contributed by atoms with Crippen LogP contribution < -0.4 is 20.5 Å². The van der Waals surface area contributed by atoms with Crippen molar-refractivity contribution >= 4 is 46.2 Å². The molecular weight excluding hydrogens is 506 g/mol. The van der Waals surface area contributed by atoms with Crippen molar-refractivity contribution in [1.29, 1.82) is 0 Å². The third kappa shape index (κ3) is 5.89. The van der Waals surface area contributed by atoms with Crippen molar-refractivity contribution in [2.45, 2.75) is 56.0 Å². The Labute approximate surface area is 225 Å². The molecule has 0 atom stereocenters. The van der Waals surface area contributed by atoms with E-state index in [0.717, 1.165) is 59.0 Å². The second kappa shape index (κ2) is 11.5. The van der Waals surface area contributed by atoms with Gasteiger partial charge in [0, 0.05) is 40.2 Å². The van der Waals surface area contributed by atoms with Gasteiger partial charge in [-0.25, -0.2) is 9.97 Å². The second-order valence-electron chi connectivity index (χ2n) is 9.16. The zero-order chi connectivity index (χ0) is 25.8. The summed E-state index contributed by atoms with van der Waals surface area (Å²) in [6.07, 6.45) is 6.85. The van der Waals surface area contributed by atoms with Crippen LogP contribution in [0, 0.1) is 0 Å². The number of hydrogen-bond acceptors (Lipinski definition) is 9. The van der Waals surface area contributed by atoms with Crippen molar-refractivity contribution in [3.05, 3.63) is 59.2 Å². The van der Waals surface area contributed by atoms with E-state index >= 15 is 0 Å². The number of rotatable bonds is 8. The Morgan fingerprint density at radius 3 is 2.68 bits per heavy atom. The molecule has 0 amide bonds. The maximum absolute atomic E-state index is 6.25. The number of hydrogen-bond donors (Lipinski definition) is 3. The molecule has 10 heteroatoms. The number of nitrogens with one attached hydrogen (secondary N) is 2. The van der Waals surface area contributed by atoms with E-state index in [-0.39, 0.29) is 0 Å². The first kappa shape index (κ1) is 25.5. The normalized spacial score (nSPS) is 17.5. The molecule has 2 aromatic heterocycles. The predicted molar refractivity (Wildman–Crippen MR) is 151 cm³/mol. The van der Waals surface area contributed by atoms with Gasteiger partial charge in [0.15, 0.2) is 11.6 Å². The molecule has 0 spiro atoms. The topological polar surface area (TPSA) is 111 Å². The highest BCUT2D eigenvalue weighted by Gasteiger charge is 2.20. The van der Waals surface area contributed by atoms with Crippen molar-refractivity contribution in [2.24, 2.45) is 5.73 Å². The Bertz CT molecular complexity index is 1390. The minimum atomic E-state index is 0.312. The summed E-state index contributed by atoms with van der Waals surface area (Å²) in [6, 6.07) is 14.3. The number of methoxy groups -OCH3 is 1. The van der Waals surface area contributed by atoms with Crippen LogP contribution >= 0.6 is 23.5 Å². The lowest BCUT2D eigenvalue weighted by atomic mass is 9.92. The highest BCUT2D eigenvalue weighted by Crippen LogP contribution is 2.34. The summed E-state index contributed by atoms with van der Waals surface area (Å²) in [6.45, 7) is 2.12. The highest BCUT2D eigenvalue weighted by atomic mass is 35.5. The Morgan fingerprint density at radius 2 is 1.92 bits per heavy atom. The lowest BCUT2D eigenvalue weighted by Gasteiger charge is -2.26. The van der Waals surface area contributed by atoms with Gasteiger partial charge in [-0.05, 0) is 73.9 Å². The van der Waals surface area contributed by atoms with E-state index in [1.165, 1.54) is 11.9 Å². The number of nitrogens with two attached hydrogens (primary N) is 1. The van der Waals surface area contributed by atoms with Crippen LogP contribution in [0.5, 0.6) is 5.75 Å². The number of fused-ring (bicyclic) bond motifs is 1. The fourth-order valence-corrected chi connectivity index (χ4v) is 5.43.